The van der Waals surface area contributed by atoms with Crippen LogP contribution in [0, 0.1) is 0 Å². The van der Waals surface area contributed by atoms with Crippen LogP contribution in [0.1, 0.15) is 15.9 Å². The Kier molecular flexibility index (Phi) is 4.94. The van der Waals surface area contributed by atoms with E-state index in [9.17, 15) is 4.79 Å². The second kappa shape index (κ2) is 6.70. The van der Waals surface area contributed by atoms with Gasteiger partial charge in [0.05, 0.1) is 17.7 Å². The van der Waals surface area contributed by atoms with E-state index in [2.05, 4.69) is 5.32 Å². The number of nitrogens with one attached hydrogen (secondary N) is 1. The predicted octanol–water partition coefficient (Wildman–Crippen LogP) is 3.71. The van der Waals surface area contributed by atoms with Gasteiger partial charge in [-0.3, -0.25) is 4.79 Å². The molecule has 0 fully saturated rings. The number of carbonyl (C=O) groups excluding carboxylic acids is 1. The maximum absolute atomic E-state index is 11.3. The van der Waals surface area contributed by atoms with E-state index in [0.29, 0.717) is 22.3 Å². The molecule has 2 rings (SSSR count). The highest BCUT2D eigenvalue weighted by atomic mass is 35.5. The summed E-state index contributed by atoms with van der Waals surface area (Å²) in [4.78, 5) is 11.3. The minimum absolute atomic E-state index is 0.271. The van der Waals surface area contributed by atoms with Crippen molar-refractivity contribution in [2.75, 3.05) is 12.4 Å². The summed E-state index contributed by atoms with van der Waals surface area (Å²) in [5.74, 6) is 0.123. The van der Waals surface area contributed by atoms with Crippen LogP contribution in [0.5, 0.6) is 5.75 Å². The second-order valence-corrected chi connectivity index (χ2v) is 5.15. The van der Waals surface area contributed by atoms with Gasteiger partial charge >= 0.3 is 0 Å². The topological polar surface area (TPSA) is 64.3 Å². The number of rotatable bonds is 5. The first-order chi connectivity index (χ1) is 10.0. The maximum Gasteiger partial charge on any atom is 0.250 e. The highest BCUT2D eigenvalue weighted by molar-refractivity contribution is 6.34. The molecule has 0 radical (unpaired) electrons. The van der Waals surface area contributed by atoms with E-state index in [1.54, 1.807) is 31.4 Å². The summed E-state index contributed by atoms with van der Waals surface area (Å²) >= 11 is 12.1. The molecule has 2 aromatic carbocycles. The molecule has 3 N–H and O–H groups in total. The lowest BCUT2D eigenvalue weighted by Gasteiger charge is -2.13. The zero-order valence-corrected chi connectivity index (χ0v) is 12.8. The average Bonchev–Trinajstić information content (AvgIpc) is 2.46. The van der Waals surface area contributed by atoms with E-state index in [-0.39, 0.29) is 5.56 Å². The third-order valence-electron chi connectivity index (χ3n) is 3.00. The molecule has 6 heteroatoms. The lowest BCUT2D eigenvalue weighted by Crippen LogP contribution is -2.12. The van der Waals surface area contributed by atoms with Gasteiger partial charge in [0.1, 0.15) is 5.75 Å². The Morgan fingerprint density at radius 1 is 1.24 bits per heavy atom. The summed E-state index contributed by atoms with van der Waals surface area (Å²) < 4.78 is 5.28. The van der Waals surface area contributed by atoms with Crippen molar-refractivity contribution in [3.8, 4) is 5.75 Å². The minimum Gasteiger partial charge on any atom is -0.496 e. The van der Waals surface area contributed by atoms with Gasteiger partial charge in [-0.05, 0) is 30.3 Å². The first-order valence-corrected chi connectivity index (χ1v) is 6.93. The van der Waals surface area contributed by atoms with Crippen LogP contribution in [0.2, 0.25) is 10.0 Å². The Morgan fingerprint density at radius 3 is 2.67 bits per heavy atom. The molecule has 0 aliphatic rings. The van der Waals surface area contributed by atoms with Gasteiger partial charge in [0, 0.05) is 22.8 Å². The number of anilines is 1. The number of hydrogen-bond donors (Lipinski definition) is 2. The van der Waals surface area contributed by atoms with Gasteiger partial charge in [0.15, 0.2) is 0 Å². The van der Waals surface area contributed by atoms with Crippen molar-refractivity contribution >= 4 is 34.8 Å². The molecule has 0 aromatic heterocycles. The lowest BCUT2D eigenvalue weighted by atomic mass is 10.1. The molecule has 2 aromatic rings. The standard InChI is InChI=1S/C15H14Cl2N2O2/c1-21-14-4-2-3-12(16)11(14)8-19-9-5-6-13(17)10(7-9)15(18)20/h2-7,19H,8H2,1H3,(H2,18,20). The van der Waals surface area contributed by atoms with Crippen LogP contribution >= 0.6 is 23.2 Å². The molecule has 0 heterocycles. The summed E-state index contributed by atoms with van der Waals surface area (Å²) in [6.45, 7) is 0.447. The number of ether oxygens (including phenoxy) is 1. The Balaban J connectivity index is 2.21. The van der Waals surface area contributed by atoms with Gasteiger partial charge in [-0.1, -0.05) is 29.3 Å². The number of nitrogens with two attached hydrogens (primary N) is 1. The molecule has 21 heavy (non-hydrogen) atoms. The van der Waals surface area contributed by atoms with E-state index < -0.39 is 5.91 Å². The van der Waals surface area contributed by atoms with Crippen LogP contribution < -0.4 is 15.8 Å². The monoisotopic (exact) mass is 324 g/mol. The summed E-state index contributed by atoms with van der Waals surface area (Å²) in [6.07, 6.45) is 0. The fraction of sp³-hybridized carbons (Fsp3) is 0.133. The van der Waals surface area contributed by atoms with Crippen molar-refractivity contribution in [1.29, 1.82) is 0 Å². The number of methoxy groups -OCH3 is 1. The van der Waals surface area contributed by atoms with Gasteiger partial charge in [-0.2, -0.15) is 0 Å². The molecule has 4 nitrogen and oxygen atoms in total. The molecule has 0 aliphatic carbocycles. The van der Waals surface area contributed by atoms with E-state index in [0.717, 1.165) is 11.3 Å². The number of carbonyl (C=O) groups is 1. The van der Waals surface area contributed by atoms with Crippen LogP contribution in [0.4, 0.5) is 5.69 Å². The molecule has 0 saturated heterocycles. The van der Waals surface area contributed by atoms with Crippen molar-refractivity contribution in [2.24, 2.45) is 5.73 Å². The van der Waals surface area contributed by atoms with Crippen molar-refractivity contribution in [3.05, 3.63) is 57.6 Å². The third kappa shape index (κ3) is 3.60. The number of benzene rings is 2. The van der Waals surface area contributed by atoms with Crippen LogP contribution in [0.3, 0.4) is 0 Å². The summed E-state index contributed by atoms with van der Waals surface area (Å²) in [5, 5.41) is 4.09. The van der Waals surface area contributed by atoms with Gasteiger partial charge in [-0.25, -0.2) is 0 Å². The predicted molar refractivity (Wildman–Crippen MR) is 85.3 cm³/mol. The number of hydrogen-bond acceptors (Lipinski definition) is 3. The molecule has 1 amide bonds. The van der Waals surface area contributed by atoms with Crippen molar-refractivity contribution in [1.82, 2.24) is 0 Å². The molecular weight excluding hydrogens is 311 g/mol. The van der Waals surface area contributed by atoms with E-state index in [4.69, 9.17) is 33.7 Å². The largest absolute Gasteiger partial charge is 0.496 e. The first kappa shape index (κ1) is 15.5. The van der Waals surface area contributed by atoms with Gasteiger partial charge in [0.2, 0.25) is 5.91 Å². The van der Waals surface area contributed by atoms with Crippen LogP contribution in [0.15, 0.2) is 36.4 Å². The molecular formula is C15H14Cl2N2O2. The highest BCUT2D eigenvalue weighted by Gasteiger charge is 2.10. The molecule has 0 unspecified atom stereocenters. The van der Waals surface area contributed by atoms with Crippen molar-refractivity contribution < 1.29 is 9.53 Å². The summed E-state index contributed by atoms with van der Waals surface area (Å²) in [5.41, 5.74) is 7.09. The lowest BCUT2D eigenvalue weighted by molar-refractivity contribution is 0.100. The van der Waals surface area contributed by atoms with E-state index in [1.807, 2.05) is 12.1 Å². The molecule has 0 atom stereocenters. The van der Waals surface area contributed by atoms with Crippen LogP contribution in [0.25, 0.3) is 0 Å². The normalized spacial score (nSPS) is 10.2. The zero-order chi connectivity index (χ0) is 15.4. The summed E-state index contributed by atoms with van der Waals surface area (Å²) in [7, 11) is 1.59. The quantitative estimate of drug-likeness (QED) is 0.881. The average molecular weight is 325 g/mol. The Morgan fingerprint density at radius 2 is 2.00 bits per heavy atom. The first-order valence-electron chi connectivity index (χ1n) is 6.17. The fourth-order valence-electron chi connectivity index (χ4n) is 1.92. The molecule has 0 bridgehead atoms. The Hall–Kier alpha value is -1.91. The van der Waals surface area contributed by atoms with E-state index in [1.165, 1.54) is 0 Å². The van der Waals surface area contributed by atoms with Crippen molar-refractivity contribution in [3.63, 3.8) is 0 Å². The van der Waals surface area contributed by atoms with Gasteiger partial charge < -0.3 is 15.8 Å². The van der Waals surface area contributed by atoms with Gasteiger partial charge in [-0.15, -0.1) is 0 Å². The summed E-state index contributed by atoms with van der Waals surface area (Å²) in [6, 6.07) is 10.4. The molecule has 0 aliphatic heterocycles. The zero-order valence-electron chi connectivity index (χ0n) is 11.3. The van der Waals surface area contributed by atoms with Crippen LogP contribution in [-0.4, -0.2) is 13.0 Å². The minimum atomic E-state index is -0.570. The number of halogens is 2. The molecule has 0 spiro atoms. The van der Waals surface area contributed by atoms with Gasteiger partial charge in [0.25, 0.3) is 0 Å². The second-order valence-electron chi connectivity index (χ2n) is 4.33. The fourth-order valence-corrected chi connectivity index (χ4v) is 2.36. The van der Waals surface area contributed by atoms with Crippen LogP contribution in [-0.2, 0) is 6.54 Å². The number of amides is 1. The third-order valence-corrected chi connectivity index (χ3v) is 3.68. The molecule has 0 saturated carbocycles. The molecule has 110 valence electrons. The number of primary amides is 1. The smallest absolute Gasteiger partial charge is 0.250 e. The SMILES string of the molecule is COc1cccc(Cl)c1CNc1ccc(Cl)c(C(N)=O)c1. The maximum atomic E-state index is 11.3. The van der Waals surface area contributed by atoms with E-state index >= 15 is 0 Å². The van der Waals surface area contributed by atoms with Crippen molar-refractivity contribution in [2.45, 2.75) is 6.54 Å². The Bertz CT molecular complexity index is 675. The highest BCUT2D eigenvalue weighted by Crippen LogP contribution is 2.27. The Labute approximate surface area is 132 Å².